The van der Waals surface area contributed by atoms with Crippen LogP contribution in [0.1, 0.15) is 26.7 Å². The lowest BCUT2D eigenvalue weighted by Gasteiger charge is -2.17. The number of hydrogen-bond donors (Lipinski definition) is 2. The van der Waals surface area contributed by atoms with E-state index in [9.17, 15) is 14.7 Å². The fourth-order valence-corrected chi connectivity index (χ4v) is 1.14. The molecule has 0 aromatic rings. The van der Waals surface area contributed by atoms with E-state index in [0.29, 0.717) is 12.8 Å². The van der Waals surface area contributed by atoms with Crippen molar-refractivity contribution in [2.24, 2.45) is 5.92 Å². The van der Waals surface area contributed by atoms with Gasteiger partial charge in [-0.15, -0.1) is 0 Å². The van der Waals surface area contributed by atoms with Gasteiger partial charge in [0.05, 0.1) is 12.5 Å². The average molecular weight is 204 g/mol. The molecular weight excluding hydrogens is 188 g/mol. The minimum atomic E-state index is -1.67. The summed E-state index contributed by atoms with van der Waals surface area (Å²) in [5.74, 6) is -3.00. The molecule has 2 atom stereocenters. The average Bonchev–Trinajstić information content (AvgIpc) is 2.13. The van der Waals surface area contributed by atoms with Gasteiger partial charge in [0.2, 0.25) is 0 Å². The maximum absolute atomic E-state index is 11.2. The van der Waals surface area contributed by atoms with Crippen molar-refractivity contribution in [3.8, 4) is 0 Å². The zero-order chi connectivity index (χ0) is 11.1. The number of carbonyl (C=O) groups is 2. The largest absolute Gasteiger partial charge is 0.479 e. The summed E-state index contributed by atoms with van der Waals surface area (Å²) in [6.07, 6.45) is -0.742. The van der Waals surface area contributed by atoms with Crippen LogP contribution in [0.15, 0.2) is 0 Å². The van der Waals surface area contributed by atoms with E-state index in [4.69, 9.17) is 5.11 Å². The van der Waals surface area contributed by atoms with Crippen molar-refractivity contribution >= 4 is 11.9 Å². The molecule has 0 heterocycles. The van der Waals surface area contributed by atoms with Gasteiger partial charge in [0.25, 0.3) is 0 Å². The fraction of sp³-hybridized carbons (Fsp3) is 0.778. The van der Waals surface area contributed by atoms with Crippen LogP contribution in [0, 0.1) is 5.92 Å². The summed E-state index contributed by atoms with van der Waals surface area (Å²) in [6.45, 7) is 3.63. The minimum absolute atomic E-state index is 0.186. The van der Waals surface area contributed by atoms with Gasteiger partial charge in [-0.3, -0.25) is 4.79 Å². The van der Waals surface area contributed by atoms with E-state index in [0.717, 1.165) is 0 Å². The number of hydrogen-bond acceptors (Lipinski definition) is 4. The first-order valence-electron chi connectivity index (χ1n) is 4.62. The van der Waals surface area contributed by atoms with Crippen molar-refractivity contribution in [3.63, 3.8) is 0 Å². The van der Waals surface area contributed by atoms with Crippen LogP contribution in [-0.4, -0.2) is 34.9 Å². The molecule has 0 saturated heterocycles. The van der Waals surface area contributed by atoms with Gasteiger partial charge in [-0.25, -0.2) is 4.79 Å². The predicted molar refractivity (Wildman–Crippen MR) is 48.7 cm³/mol. The standard InChI is InChI=1S/C9H16O5/c1-3-5-6(7(10)8(11)12)9(13)14-4-2/h6-7,10H,3-5H2,1-2H3,(H,11,12). The second kappa shape index (κ2) is 6.37. The SMILES string of the molecule is CCCC(C(=O)OCC)C(O)C(=O)O. The van der Waals surface area contributed by atoms with Gasteiger partial charge < -0.3 is 14.9 Å². The Hall–Kier alpha value is -1.10. The molecule has 0 aromatic carbocycles. The number of aliphatic hydroxyl groups excluding tert-OH is 1. The Bertz CT molecular complexity index is 201. The van der Waals surface area contributed by atoms with Gasteiger partial charge in [-0.05, 0) is 13.3 Å². The molecule has 0 rings (SSSR count). The molecule has 2 unspecified atom stereocenters. The number of carboxylic acids is 1. The summed E-state index contributed by atoms with van der Waals surface area (Å²) in [4.78, 5) is 21.7. The number of carboxylic acid groups (broad SMARTS) is 1. The van der Waals surface area contributed by atoms with E-state index >= 15 is 0 Å². The van der Waals surface area contributed by atoms with Crippen molar-refractivity contribution in [2.45, 2.75) is 32.8 Å². The lowest BCUT2D eigenvalue weighted by atomic mass is 9.97. The van der Waals surface area contributed by atoms with E-state index in [-0.39, 0.29) is 6.61 Å². The quantitative estimate of drug-likeness (QED) is 0.612. The first-order valence-corrected chi connectivity index (χ1v) is 4.62. The predicted octanol–water partition coefficient (Wildman–Crippen LogP) is 0.411. The summed E-state index contributed by atoms with van der Waals surface area (Å²) in [6, 6.07) is 0. The molecule has 5 heteroatoms. The Balaban J connectivity index is 4.41. The maximum atomic E-state index is 11.2. The van der Waals surface area contributed by atoms with Crippen molar-refractivity contribution < 1.29 is 24.5 Å². The Kier molecular flexibility index (Phi) is 5.87. The minimum Gasteiger partial charge on any atom is -0.479 e. The second-order valence-corrected chi connectivity index (χ2v) is 2.93. The van der Waals surface area contributed by atoms with E-state index in [1.165, 1.54) is 0 Å². The number of aliphatic hydroxyl groups is 1. The molecule has 0 aliphatic carbocycles. The summed E-state index contributed by atoms with van der Waals surface area (Å²) in [5.41, 5.74) is 0. The van der Waals surface area contributed by atoms with Crippen LogP contribution in [0.3, 0.4) is 0 Å². The molecule has 0 fully saturated rings. The third-order valence-corrected chi connectivity index (χ3v) is 1.82. The van der Waals surface area contributed by atoms with E-state index in [1.807, 2.05) is 0 Å². The van der Waals surface area contributed by atoms with Crippen molar-refractivity contribution in [1.29, 1.82) is 0 Å². The van der Waals surface area contributed by atoms with E-state index in [1.54, 1.807) is 13.8 Å². The molecule has 0 aliphatic heterocycles. The first-order chi connectivity index (χ1) is 6.54. The second-order valence-electron chi connectivity index (χ2n) is 2.93. The zero-order valence-corrected chi connectivity index (χ0v) is 8.40. The molecule has 14 heavy (non-hydrogen) atoms. The summed E-state index contributed by atoms with van der Waals surface area (Å²) >= 11 is 0. The third kappa shape index (κ3) is 3.74. The van der Waals surface area contributed by atoms with Gasteiger partial charge in [0, 0.05) is 0 Å². The highest BCUT2D eigenvalue weighted by Gasteiger charge is 2.32. The van der Waals surface area contributed by atoms with Crippen LogP contribution in [0.4, 0.5) is 0 Å². The lowest BCUT2D eigenvalue weighted by molar-refractivity contribution is -0.163. The normalized spacial score (nSPS) is 14.5. The molecule has 5 nitrogen and oxygen atoms in total. The van der Waals surface area contributed by atoms with Gasteiger partial charge >= 0.3 is 11.9 Å². The lowest BCUT2D eigenvalue weighted by Crippen LogP contribution is -2.35. The molecular formula is C9H16O5. The number of carbonyl (C=O) groups excluding carboxylic acids is 1. The molecule has 0 aliphatic rings. The van der Waals surface area contributed by atoms with Crippen LogP contribution in [0.25, 0.3) is 0 Å². The number of aliphatic carboxylic acids is 1. The van der Waals surface area contributed by atoms with Crippen molar-refractivity contribution in [2.75, 3.05) is 6.61 Å². The molecule has 0 radical (unpaired) electrons. The molecule has 0 bridgehead atoms. The van der Waals surface area contributed by atoms with Crippen molar-refractivity contribution in [1.82, 2.24) is 0 Å². The highest BCUT2D eigenvalue weighted by atomic mass is 16.5. The smallest absolute Gasteiger partial charge is 0.333 e. The number of rotatable bonds is 6. The molecule has 82 valence electrons. The molecule has 0 spiro atoms. The Morgan fingerprint density at radius 3 is 2.29 bits per heavy atom. The van der Waals surface area contributed by atoms with Gasteiger partial charge in [0.15, 0.2) is 6.10 Å². The fourth-order valence-electron chi connectivity index (χ4n) is 1.14. The van der Waals surface area contributed by atoms with E-state index < -0.39 is 24.0 Å². The first kappa shape index (κ1) is 12.9. The van der Waals surface area contributed by atoms with Gasteiger partial charge in [-0.1, -0.05) is 13.3 Å². The van der Waals surface area contributed by atoms with Crippen LogP contribution < -0.4 is 0 Å². The molecule has 2 N–H and O–H groups in total. The maximum Gasteiger partial charge on any atom is 0.333 e. The summed E-state index contributed by atoms with van der Waals surface area (Å²) < 4.78 is 4.67. The Morgan fingerprint density at radius 2 is 1.93 bits per heavy atom. The highest BCUT2D eigenvalue weighted by molar-refractivity contribution is 5.82. The van der Waals surface area contributed by atoms with Crippen LogP contribution in [0.5, 0.6) is 0 Å². The van der Waals surface area contributed by atoms with Crippen LogP contribution in [0.2, 0.25) is 0 Å². The van der Waals surface area contributed by atoms with Crippen LogP contribution in [-0.2, 0) is 14.3 Å². The Labute approximate surface area is 82.7 Å². The van der Waals surface area contributed by atoms with Gasteiger partial charge in [-0.2, -0.15) is 0 Å². The Morgan fingerprint density at radius 1 is 1.36 bits per heavy atom. The van der Waals surface area contributed by atoms with Crippen LogP contribution >= 0.6 is 0 Å². The number of esters is 1. The summed E-state index contributed by atoms with van der Waals surface area (Å²) in [5, 5.41) is 17.8. The third-order valence-electron chi connectivity index (χ3n) is 1.82. The molecule has 0 saturated carbocycles. The summed E-state index contributed by atoms with van der Waals surface area (Å²) in [7, 11) is 0. The van der Waals surface area contributed by atoms with Gasteiger partial charge in [0.1, 0.15) is 0 Å². The monoisotopic (exact) mass is 204 g/mol. The number of ether oxygens (including phenoxy) is 1. The molecule has 0 aromatic heterocycles. The van der Waals surface area contributed by atoms with Crippen molar-refractivity contribution in [3.05, 3.63) is 0 Å². The van der Waals surface area contributed by atoms with E-state index in [2.05, 4.69) is 4.74 Å². The zero-order valence-electron chi connectivity index (χ0n) is 8.40. The highest BCUT2D eigenvalue weighted by Crippen LogP contribution is 2.14. The molecule has 0 amide bonds. The topological polar surface area (TPSA) is 83.8 Å².